The first-order chi connectivity index (χ1) is 9.04. The third-order valence-corrected chi connectivity index (χ3v) is 3.60. The summed E-state index contributed by atoms with van der Waals surface area (Å²) in [5, 5.41) is 9.69. The normalized spacial score (nSPS) is 10.3. The molecular weight excluding hydrogens is 310 g/mol. The van der Waals surface area contributed by atoms with Crippen LogP contribution < -0.4 is 0 Å². The minimum absolute atomic E-state index is 0.0831. The van der Waals surface area contributed by atoms with Crippen molar-refractivity contribution in [3.05, 3.63) is 51.0 Å². The van der Waals surface area contributed by atoms with Crippen molar-refractivity contribution in [2.45, 2.75) is 6.42 Å². The van der Waals surface area contributed by atoms with Crippen molar-refractivity contribution in [2.75, 3.05) is 0 Å². The van der Waals surface area contributed by atoms with Crippen molar-refractivity contribution in [3.8, 4) is 17.2 Å². The molecule has 0 fully saturated rings. The van der Waals surface area contributed by atoms with Gasteiger partial charge < -0.3 is 0 Å². The van der Waals surface area contributed by atoms with Crippen LogP contribution in [-0.2, 0) is 6.42 Å². The van der Waals surface area contributed by atoms with Crippen LogP contribution in [0.3, 0.4) is 0 Å². The molecule has 0 bridgehead atoms. The molecule has 0 saturated carbocycles. The van der Waals surface area contributed by atoms with E-state index in [1.807, 2.05) is 6.07 Å². The van der Waals surface area contributed by atoms with E-state index in [9.17, 15) is 4.39 Å². The lowest BCUT2D eigenvalue weighted by Gasteiger charge is -2.10. The molecule has 0 unspecified atom stereocenters. The average molecular weight is 316 g/mol. The van der Waals surface area contributed by atoms with Gasteiger partial charge in [0.15, 0.2) is 0 Å². The van der Waals surface area contributed by atoms with Crippen LogP contribution in [0.1, 0.15) is 5.56 Å². The molecule has 2 aromatic rings. The highest BCUT2D eigenvalue weighted by Gasteiger charge is 2.15. The molecule has 1 aromatic heterocycles. The zero-order valence-electron chi connectivity index (χ0n) is 9.42. The maximum Gasteiger partial charge on any atom is 0.146 e. The first kappa shape index (κ1) is 14.1. The van der Waals surface area contributed by atoms with E-state index in [1.165, 1.54) is 18.3 Å². The molecule has 2 rings (SSSR count). The maximum absolute atomic E-state index is 13.7. The standard InChI is InChI=1S/C13H6Cl3FN2/c14-10-4-12(16)11(15)3-8(10)9-5-19-6-13(17)7(9)1-2-18/h3-6H,1H2. The fourth-order valence-corrected chi connectivity index (χ4v) is 2.33. The van der Waals surface area contributed by atoms with Crippen LogP contribution in [0.2, 0.25) is 15.1 Å². The van der Waals surface area contributed by atoms with E-state index in [2.05, 4.69) is 4.98 Å². The van der Waals surface area contributed by atoms with E-state index < -0.39 is 5.82 Å². The summed E-state index contributed by atoms with van der Waals surface area (Å²) in [5.74, 6) is -0.554. The number of pyridine rings is 1. The van der Waals surface area contributed by atoms with Crippen molar-refractivity contribution in [3.63, 3.8) is 0 Å². The molecule has 2 nitrogen and oxygen atoms in total. The Balaban J connectivity index is 2.69. The van der Waals surface area contributed by atoms with E-state index in [4.69, 9.17) is 40.1 Å². The van der Waals surface area contributed by atoms with E-state index in [0.29, 0.717) is 26.2 Å². The predicted molar refractivity (Wildman–Crippen MR) is 74.0 cm³/mol. The number of nitriles is 1. The first-order valence-electron chi connectivity index (χ1n) is 5.19. The highest BCUT2D eigenvalue weighted by atomic mass is 35.5. The van der Waals surface area contributed by atoms with Crippen LogP contribution in [0.15, 0.2) is 24.5 Å². The minimum atomic E-state index is -0.554. The lowest BCUT2D eigenvalue weighted by molar-refractivity contribution is 0.609. The highest BCUT2D eigenvalue weighted by molar-refractivity contribution is 6.44. The number of aromatic nitrogens is 1. The summed E-state index contributed by atoms with van der Waals surface area (Å²) >= 11 is 17.9. The van der Waals surface area contributed by atoms with Gasteiger partial charge in [-0.3, -0.25) is 4.98 Å². The summed E-state index contributed by atoms with van der Waals surface area (Å²) < 4.78 is 13.7. The van der Waals surface area contributed by atoms with Crippen molar-refractivity contribution in [2.24, 2.45) is 0 Å². The van der Waals surface area contributed by atoms with E-state index >= 15 is 0 Å². The van der Waals surface area contributed by atoms with Gasteiger partial charge in [0.1, 0.15) is 5.82 Å². The highest BCUT2D eigenvalue weighted by Crippen LogP contribution is 2.36. The first-order valence-corrected chi connectivity index (χ1v) is 6.32. The molecule has 1 aromatic carbocycles. The number of hydrogen-bond acceptors (Lipinski definition) is 2. The molecule has 0 spiro atoms. The Labute approximate surface area is 124 Å². The van der Waals surface area contributed by atoms with Gasteiger partial charge in [-0.05, 0) is 12.1 Å². The predicted octanol–water partition coefficient (Wildman–Crippen LogP) is 4.91. The smallest absolute Gasteiger partial charge is 0.146 e. The Morgan fingerprint density at radius 3 is 2.42 bits per heavy atom. The van der Waals surface area contributed by atoms with E-state index in [-0.39, 0.29) is 12.0 Å². The van der Waals surface area contributed by atoms with Crippen molar-refractivity contribution >= 4 is 34.8 Å². The third-order valence-electron chi connectivity index (χ3n) is 2.56. The molecule has 0 aliphatic rings. The van der Waals surface area contributed by atoms with Crippen LogP contribution in [0.25, 0.3) is 11.1 Å². The summed E-state index contributed by atoms with van der Waals surface area (Å²) in [6.07, 6.45) is 2.42. The summed E-state index contributed by atoms with van der Waals surface area (Å²) in [4.78, 5) is 3.78. The Hall–Kier alpha value is -1.34. The summed E-state index contributed by atoms with van der Waals surface area (Å²) in [6.45, 7) is 0. The Morgan fingerprint density at radius 2 is 1.74 bits per heavy atom. The van der Waals surface area contributed by atoms with Crippen LogP contribution in [-0.4, -0.2) is 4.98 Å². The van der Waals surface area contributed by atoms with Gasteiger partial charge in [0.2, 0.25) is 0 Å². The fourth-order valence-electron chi connectivity index (χ4n) is 1.68. The molecule has 0 N–H and O–H groups in total. The van der Waals surface area contributed by atoms with Gasteiger partial charge in [-0.2, -0.15) is 5.26 Å². The molecule has 0 aliphatic carbocycles. The quantitative estimate of drug-likeness (QED) is 0.738. The van der Waals surface area contributed by atoms with Crippen LogP contribution in [0.5, 0.6) is 0 Å². The Morgan fingerprint density at radius 1 is 1.05 bits per heavy atom. The van der Waals surface area contributed by atoms with Crippen molar-refractivity contribution < 1.29 is 4.39 Å². The van der Waals surface area contributed by atoms with Crippen LogP contribution in [0.4, 0.5) is 4.39 Å². The maximum atomic E-state index is 13.7. The van der Waals surface area contributed by atoms with Gasteiger partial charge >= 0.3 is 0 Å². The number of hydrogen-bond donors (Lipinski definition) is 0. The molecule has 0 radical (unpaired) electrons. The lowest BCUT2D eigenvalue weighted by atomic mass is 10.00. The van der Waals surface area contributed by atoms with Crippen molar-refractivity contribution in [1.82, 2.24) is 4.98 Å². The molecule has 6 heteroatoms. The zero-order chi connectivity index (χ0) is 14.0. The van der Waals surface area contributed by atoms with E-state index in [0.717, 1.165) is 6.20 Å². The summed E-state index contributed by atoms with van der Waals surface area (Å²) in [6, 6.07) is 4.92. The molecule has 0 amide bonds. The molecular formula is C13H6Cl3FN2. The minimum Gasteiger partial charge on any atom is -0.261 e. The number of nitrogens with zero attached hydrogens (tertiary/aromatic N) is 2. The second-order valence-electron chi connectivity index (χ2n) is 3.73. The lowest BCUT2D eigenvalue weighted by Crippen LogP contribution is -1.96. The zero-order valence-corrected chi connectivity index (χ0v) is 11.7. The van der Waals surface area contributed by atoms with Gasteiger partial charge in [-0.1, -0.05) is 34.8 Å². The fraction of sp³-hybridized carbons (Fsp3) is 0.0769. The van der Waals surface area contributed by atoms with Crippen molar-refractivity contribution in [1.29, 1.82) is 5.26 Å². The van der Waals surface area contributed by atoms with Gasteiger partial charge in [-0.25, -0.2) is 4.39 Å². The molecule has 0 saturated heterocycles. The summed E-state index contributed by atoms with van der Waals surface area (Å²) in [5.41, 5.74) is 1.16. The third kappa shape index (κ3) is 2.82. The second kappa shape index (κ2) is 5.75. The molecule has 0 aliphatic heterocycles. The number of rotatable bonds is 2. The second-order valence-corrected chi connectivity index (χ2v) is 4.95. The Kier molecular flexibility index (Phi) is 4.26. The molecule has 96 valence electrons. The average Bonchev–Trinajstić information content (AvgIpc) is 2.37. The monoisotopic (exact) mass is 314 g/mol. The van der Waals surface area contributed by atoms with Gasteiger partial charge in [0.05, 0.1) is 33.8 Å². The topological polar surface area (TPSA) is 36.7 Å². The van der Waals surface area contributed by atoms with E-state index in [1.54, 1.807) is 0 Å². The Bertz CT molecular complexity index is 680. The number of halogens is 4. The summed E-state index contributed by atoms with van der Waals surface area (Å²) in [7, 11) is 0. The van der Waals surface area contributed by atoms with Crippen LogP contribution >= 0.6 is 34.8 Å². The van der Waals surface area contributed by atoms with Gasteiger partial charge in [0, 0.05) is 22.9 Å². The van der Waals surface area contributed by atoms with Crippen LogP contribution in [0, 0.1) is 17.1 Å². The molecule has 0 atom stereocenters. The number of benzene rings is 1. The SMILES string of the molecule is N#CCc1c(F)cncc1-c1cc(Cl)c(Cl)cc1Cl. The van der Waals surface area contributed by atoms with Gasteiger partial charge in [0.25, 0.3) is 0 Å². The van der Waals surface area contributed by atoms with Gasteiger partial charge in [-0.15, -0.1) is 0 Å². The molecule has 1 heterocycles. The molecule has 19 heavy (non-hydrogen) atoms. The largest absolute Gasteiger partial charge is 0.261 e.